The van der Waals surface area contributed by atoms with Gasteiger partial charge in [-0.2, -0.15) is 0 Å². The highest BCUT2D eigenvalue weighted by Gasteiger charge is 2.41. The number of nitrogens with zero attached hydrogens (tertiary/aromatic N) is 1. The molecule has 186 valence electrons. The number of phenolic OH excluding ortho intramolecular Hbond substituents is 1. The topological polar surface area (TPSA) is 60.8 Å². The molecular formula is C28H30F3NO3. The molecule has 35 heavy (non-hydrogen) atoms. The van der Waals surface area contributed by atoms with E-state index in [1.54, 1.807) is 12.1 Å². The largest absolute Gasteiger partial charge is 0.508 e. The van der Waals surface area contributed by atoms with Crippen LogP contribution in [0.1, 0.15) is 68.3 Å². The molecule has 4 rings (SSSR count). The molecule has 2 atom stereocenters. The van der Waals surface area contributed by atoms with Crippen LogP contribution < -0.4 is 0 Å². The zero-order chi connectivity index (χ0) is 25.5. The number of fused-ring (bicyclic) bond motifs is 2. The molecule has 2 aromatic rings. The second-order valence-corrected chi connectivity index (χ2v) is 10.1. The van der Waals surface area contributed by atoms with Crippen molar-refractivity contribution < 1.29 is 28.2 Å². The summed E-state index contributed by atoms with van der Waals surface area (Å²) in [6.45, 7) is 4.82. The molecule has 0 amide bonds. The average Bonchev–Trinajstić information content (AvgIpc) is 2.92. The van der Waals surface area contributed by atoms with E-state index in [-0.39, 0.29) is 29.5 Å². The molecule has 2 aromatic carbocycles. The first kappa shape index (κ1) is 25.0. The van der Waals surface area contributed by atoms with Crippen LogP contribution >= 0.6 is 0 Å². The number of hydrogen-bond donors (Lipinski definition) is 2. The highest BCUT2D eigenvalue weighted by Crippen LogP contribution is 2.49. The normalized spacial score (nSPS) is 21.1. The van der Waals surface area contributed by atoms with Crippen molar-refractivity contribution in [1.82, 2.24) is 4.90 Å². The van der Waals surface area contributed by atoms with Gasteiger partial charge in [0.2, 0.25) is 0 Å². The van der Waals surface area contributed by atoms with Gasteiger partial charge in [-0.1, -0.05) is 6.07 Å². The Balaban J connectivity index is 1.93. The molecule has 0 bridgehead atoms. The average molecular weight is 486 g/mol. The molecule has 0 radical (unpaired) electrons. The van der Waals surface area contributed by atoms with Gasteiger partial charge in [-0.25, -0.2) is 18.0 Å². The van der Waals surface area contributed by atoms with Crippen molar-refractivity contribution in [3.63, 3.8) is 0 Å². The van der Waals surface area contributed by atoms with Gasteiger partial charge in [0.05, 0.1) is 6.04 Å². The third-order valence-electron chi connectivity index (χ3n) is 6.78. The zero-order valence-electron chi connectivity index (χ0n) is 20.1. The van der Waals surface area contributed by atoms with Crippen LogP contribution in [0.2, 0.25) is 0 Å². The Morgan fingerprint density at radius 3 is 2.49 bits per heavy atom. The maximum absolute atomic E-state index is 15.6. The van der Waals surface area contributed by atoms with Crippen molar-refractivity contribution in [3.05, 3.63) is 75.9 Å². The molecule has 1 aliphatic carbocycles. The molecule has 0 aromatic heterocycles. The van der Waals surface area contributed by atoms with E-state index >= 15 is 8.78 Å². The predicted molar refractivity (Wildman–Crippen MR) is 130 cm³/mol. The highest BCUT2D eigenvalue weighted by molar-refractivity contribution is 5.85. The van der Waals surface area contributed by atoms with Gasteiger partial charge >= 0.3 is 5.97 Å². The number of rotatable bonds is 5. The molecule has 0 spiro atoms. The molecule has 1 heterocycles. The summed E-state index contributed by atoms with van der Waals surface area (Å²) in [7, 11) is 0. The minimum Gasteiger partial charge on any atom is -0.508 e. The van der Waals surface area contributed by atoms with Gasteiger partial charge in [-0.15, -0.1) is 0 Å². The number of halogens is 3. The maximum atomic E-state index is 15.6. The molecule has 1 aliphatic heterocycles. The SMILES string of the molecule is CC1CC2=C(CCCc3ccc(O)cc32)C(c2c(F)cc(/C=C/C(=O)O)cc2F)N1CC(C)(C)F. The van der Waals surface area contributed by atoms with Gasteiger partial charge in [-0.3, -0.25) is 4.90 Å². The number of aliphatic carboxylic acids is 1. The number of aromatic hydroxyl groups is 1. The molecule has 2 aliphatic rings. The minimum atomic E-state index is -1.59. The second kappa shape index (κ2) is 9.53. The lowest BCUT2D eigenvalue weighted by atomic mass is 9.80. The fraction of sp³-hybridized carbons (Fsp3) is 0.393. The van der Waals surface area contributed by atoms with Crippen LogP contribution in [0.3, 0.4) is 0 Å². The van der Waals surface area contributed by atoms with Crippen LogP contribution in [0.25, 0.3) is 11.6 Å². The van der Waals surface area contributed by atoms with Crippen molar-refractivity contribution >= 4 is 17.6 Å². The van der Waals surface area contributed by atoms with E-state index in [1.807, 2.05) is 17.9 Å². The first-order valence-corrected chi connectivity index (χ1v) is 11.8. The first-order valence-electron chi connectivity index (χ1n) is 11.8. The van der Waals surface area contributed by atoms with E-state index in [2.05, 4.69) is 0 Å². The Morgan fingerprint density at radius 2 is 1.86 bits per heavy atom. The Hall–Kier alpha value is -3.06. The number of hydrogen-bond acceptors (Lipinski definition) is 3. The van der Waals surface area contributed by atoms with E-state index in [1.165, 1.54) is 13.8 Å². The van der Waals surface area contributed by atoms with Gasteiger partial charge < -0.3 is 10.2 Å². The fourth-order valence-electron chi connectivity index (χ4n) is 5.42. The quantitative estimate of drug-likeness (QED) is 0.479. The lowest BCUT2D eigenvalue weighted by Gasteiger charge is -2.45. The van der Waals surface area contributed by atoms with Crippen LogP contribution in [0.4, 0.5) is 13.2 Å². The van der Waals surface area contributed by atoms with E-state index in [0.717, 1.165) is 59.4 Å². The van der Waals surface area contributed by atoms with Crippen LogP contribution in [-0.4, -0.2) is 39.3 Å². The van der Waals surface area contributed by atoms with Crippen molar-refractivity contribution in [2.75, 3.05) is 6.54 Å². The van der Waals surface area contributed by atoms with Crippen molar-refractivity contribution in [2.45, 2.75) is 64.2 Å². The maximum Gasteiger partial charge on any atom is 0.328 e. The minimum absolute atomic E-state index is 0.0118. The Kier molecular flexibility index (Phi) is 6.82. The van der Waals surface area contributed by atoms with Gasteiger partial charge in [0.25, 0.3) is 0 Å². The number of carboxylic acids is 1. The predicted octanol–water partition coefficient (Wildman–Crippen LogP) is 6.44. The van der Waals surface area contributed by atoms with Crippen LogP contribution in [0.15, 0.2) is 42.0 Å². The van der Waals surface area contributed by atoms with E-state index in [4.69, 9.17) is 5.11 Å². The number of alkyl halides is 1. The van der Waals surface area contributed by atoms with Gasteiger partial charge in [0.1, 0.15) is 23.1 Å². The summed E-state index contributed by atoms with van der Waals surface area (Å²) in [6, 6.07) is 6.44. The summed E-state index contributed by atoms with van der Waals surface area (Å²) >= 11 is 0. The van der Waals surface area contributed by atoms with Crippen molar-refractivity contribution in [1.29, 1.82) is 0 Å². The van der Waals surface area contributed by atoms with E-state index in [0.29, 0.717) is 12.8 Å². The lowest BCUT2D eigenvalue weighted by Crippen LogP contribution is -2.47. The summed E-state index contributed by atoms with van der Waals surface area (Å²) in [6.07, 6.45) is 4.65. The van der Waals surface area contributed by atoms with Crippen LogP contribution in [0.5, 0.6) is 5.75 Å². The molecule has 0 saturated heterocycles. The highest BCUT2D eigenvalue weighted by atomic mass is 19.1. The summed E-state index contributed by atoms with van der Waals surface area (Å²) in [5, 5.41) is 19.0. The summed E-state index contributed by atoms with van der Waals surface area (Å²) in [4.78, 5) is 12.7. The number of carboxylic acid groups (broad SMARTS) is 1. The van der Waals surface area contributed by atoms with Gasteiger partial charge in [0, 0.05) is 24.2 Å². The van der Waals surface area contributed by atoms with Crippen LogP contribution in [0, 0.1) is 11.6 Å². The van der Waals surface area contributed by atoms with E-state index in [9.17, 15) is 14.3 Å². The summed E-state index contributed by atoms with van der Waals surface area (Å²) in [5.74, 6) is -2.70. The molecule has 0 saturated carbocycles. The van der Waals surface area contributed by atoms with Gasteiger partial charge in [-0.05, 0) is 105 Å². The van der Waals surface area contributed by atoms with Crippen molar-refractivity contribution in [2.24, 2.45) is 0 Å². The monoisotopic (exact) mass is 485 g/mol. The second-order valence-electron chi connectivity index (χ2n) is 10.1. The molecule has 4 nitrogen and oxygen atoms in total. The number of phenols is 1. The number of carbonyl (C=O) groups is 1. The number of aryl methyl sites for hydroxylation is 1. The lowest BCUT2D eigenvalue weighted by molar-refractivity contribution is -0.131. The zero-order valence-corrected chi connectivity index (χ0v) is 20.1. The smallest absolute Gasteiger partial charge is 0.328 e. The summed E-state index contributed by atoms with van der Waals surface area (Å²) in [5.41, 5.74) is 2.09. The Labute approximate surface area is 203 Å². The third kappa shape index (κ3) is 5.30. The molecule has 2 N–H and O–H groups in total. The molecule has 2 unspecified atom stereocenters. The molecule has 7 heteroatoms. The number of benzene rings is 2. The Bertz CT molecular complexity index is 1190. The van der Waals surface area contributed by atoms with Gasteiger partial charge in [0.15, 0.2) is 0 Å². The van der Waals surface area contributed by atoms with Crippen molar-refractivity contribution in [3.8, 4) is 5.75 Å². The van der Waals surface area contributed by atoms with E-state index < -0.39 is 29.3 Å². The summed E-state index contributed by atoms with van der Waals surface area (Å²) < 4.78 is 46.1. The standard InChI is InChI=1S/C28H30F3NO3/c1-16-11-22-20(6-4-5-18-8-9-19(33)14-21(18)22)27(32(16)15-28(2,3)31)26-23(29)12-17(13-24(26)30)7-10-25(34)35/h7-10,12-14,16,27,33H,4-6,11,15H2,1-3H3,(H,34,35)/b10-7+. The Morgan fingerprint density at radius 1 is 1.17 bits per heavy atom. The molecule has 0 fully saturated rings. The molecular weight excluding hydrogens is 455 g/mol. The fourth-order valence-corrected chi connectivity index (χ4v) is 5.42. The first-order chi connectivity index (χ1) is 16.4. The third-order valence-corrected chi connectivity index (χ3v) is 6.78. The van der Waals surface area contributed by atoms with Crippen LogP contribution in [-0.2, 0) is 11.2 Å².